The van der Waals surface area contributed by atoms with E-state index in [0.717, 1.165) is 23.1 Å². The summed E-state index contributed by atoms with van der Waals surface area (Å²) in [6, 6.07) is 16.5. The number of hydrogen-bond acceptors (Lipinski definition) is 4. The first kappa shape index (κ1) is 18.2. The Morgan fingerprint density at radius 2 is 1.74 bits per heavy atom. The summed E-state index contributed by atoms with van der Waals surface area (Å²) < 4.78 is 33.7. The molecule has 1 atom stereocenters. The minimum Gasteiger partial charge on any atom is -0.497 e. The van der Waals surface area contributed by atoms with E-state index in [1.165, 1.54) is 4.88 Å². The SMILES string of the molecule is COc1ccc(S(=O)(=O)N2CCc3sccc3C2c2ccc(C)cc2)cc1. The van der Waals surface area contributed by atoms with E-state index in [-0.39, 0.29) is 6.04 Å². The first-order valence-corrected chi connectivity index (χ1v) is 11.1. The zero-order chi connectivity index (χ0) is 19.0. The van der Waals surface area contributed by atoms with E-state index in [4.69, 9.17) is 4.74 Å². The second kappa shape index (κ2) is 7.11. The van der Waals surface area contributed by atoms with E-state index < -0.39 is 10.0 Å². The van der Waals surface area contributed by atoms with Gasteiger partial charge in [-0.05, 0) is 60.2 Å². The molecule has 2 heterocycles. The second-order valence-corrected chi connectivity index (χ2v) is 9.54. The highest BCUT2D eigenvalue weighted by molar-refractivity contribution is 7.89. The predicted molar refractivity (Wildman–Crippen MR) is 108 cm³/mol. The van der Waals surface area contributed by atoms with Gasteiger partial charge in [0.1, 0.15) is 5.75 Å². The monoisotopic (exact) mass is 399 g/mol. The fourth-order valence-electron chi connectivity index (χ4n) is 3.53. The highest BCUT2D eigenvalue weighted by Crippen LogP contribution is 2.40. The van der Waals surface area contributed by atoms with Crippen molar-refractivity contribution in [2.45, 2.75) is 24.3 Å². The van der Waals surface area contributed by atoms with Gasteiger partial charge < -0.3 is 4.74 Å². The maximum atomic E-state index is 13.5. The van der Waals surface area contributed by atoms with Crippen LogP contribution in [0.25, 0.3) is 0 Å². The standard InChI is InChI=1S/C21H21NO3S2/c1-15-3-5-16(6-4-15)21-19-12-14-26-20(19)11-13-22(21)27(23,24)18-9-7-17(25-2)8-10-18/h3-10,12,14,21H,11,13H2,1-2H3. The van der Waals surface area contributed by atoms with Gasteiger partial charge in [-0.1, -0.05) is 29.8 Å². The molecule has 0 aliphatic carbocycles. The second-order valence-electron chi connectivity index (χ2n) is 6.65. The number of nitrogens with zero attached hydrogens (tertiary/aromatic N) is 1. The lowest BCUT2D eigenvalue weighted by atomic mass is 9.95. The maximum absolute atomic E-state index is 13.5. The van der Waals surface area contributed by atoms with Gasteiger partial charge in [-0.15, -0.1) is 11.3 Å². The molecule has 0 radical (unpaired) electrons. The molecule has 4 nitrogen and oxygen atoms in total. The van der Waals surface area contributed by atoms with Crippen molar-refractivity contribution in [1.82, 2.24) is 4.31 Å². The topological polar surface area (TPSA) is 46.6 Å². The fraction of sp³-hybridized carbons (Fsp3) is 0.238. The van der Waals surface area contributed by atoms with Crippen LogP contribution in [0.3, 0.4) is 0 Å². The van der Waals surface area contributed by atoms with Crippen LogP contribution < -0.4 is 4.74 Å². The average Bonchev–Trinajstić information content (AvgIpc) is 3.17. The average molecular weight is 400 g/mol. The van der Waals surface area contributed by atoms with E-state index >= 15 is 0 Å². The number of thiophene rings is 1. The van der Waals surface area contributed by atoms with Crippen LogP contribution in [0.4, 0.5) is 0 Å². The number of methoxy groups -OCH3 is 1. The summed E-state index contributed by atoms with van der Waals surface area (Å²) in [5.74, 6) is 0.641. The molecule has 0 N–H and O–H groups in total. The molecule has 0 spiro atoms. The molecule has 0 amide bonds. The van der Waals surface area contributed by atoms with Crippen molar-refractivity contribution in [3.05, 3.63) is 81.5 Å². The molecule has 0 saturated heterocycles. The largest absolute Gasteiger partial charge is 0.497 e. The van der Waals surface area contributed by atoms with Crippen molar-refractivity contribution in [2.75, 3.05) is 13.7 Å². The van der Waals surface area contributed by atoms with Gasteiger partial charge >= 0.3 is 0 Å². The van der Waals surface area contributed by atoms with Crippen molar-refractivity contribution >= 4 is 21.4 Å². The van der Waals surface area contributed by atoms with E-state index in [9.17, 15) is 8.42 Å². The fourth-order valence-corrected chi connectivity index (χ4v) is 6.03. The van der Waals surface area contributed by atoms with Crippen molar-refractivity contribution in [1.29, 1.82) is 0 Å². The Morgan fingerprint density at radius 3 is 2.41 bits per heavy atom. The summed E-state index contributed by atoms with van der Waals surface area (Å²) in [7, 11) is -2.06. The molecule has 0 fully saturated rings. The Labute approximate surface area is 164 Å². The smallest absolute Gasteiger partial charge is 0.243 e. The summed E-state index contributed by atoms with van der Waals surface area (Å²) in [5.41, 5.74) is 3.24. The van der Waals surface area contributed by atoms with Crippen molar-refractivity contribution < 1.29 is 13.2 Å². The van der Waals surface area contributed by atoms with Gasteiger partial charge in [0, 0.05) is 11.4 Å². The number of aryl methyl sites for hydroxylation is 1. The number of ether oxygens (including phenoxy) is 1. The van der Waals surface area contributed by atoms with Gasteiger partial charge in [0.2, 0.25) is 10.0 Å². The van der Waals surface area contributed by atoms with E-state index in [1.807, 2.05) is 31.2 Å². The molecule has 140 valence electrons. The molecule has 6 heteroatoms. The molecule has 1 unspecified atom stereocenters. The van der Waals surface area contributed by atoms with Crippen LogP contribution in [0, 0.1) is 6.92 Å². The summed E-state index contributed by atoms with van der Waals surface area (Å²) >= 11 is 1.70. The van der Waals surface area contributed by atoms with E-state index in [1.54, 1.807) is 47.0 Å². The lowest BCUT2D eigenvalue weighted by molar-refractivity contribution is 0.346. The van der Waals surface area contributed by atoms with Gasteiger partial charge in [0.15, 0.2) is 0 Å². The molecule has 1 aliphatic heterocycles. The van der Waals surface area contributed by atoms with Crippen LogP contribution in [-0.2, 0) is 16.4 Å². The third-order valence-corrected chi connectivity index (χ3v) is 7.86. The summed E-state index contributed by atoms with van der Waals surface area (Å²) in [6.07, 6.45) is 0.741. The van der Waals surface area contributed by atoms with Gasteiger partial charge in [0.25, 0.3) is 0 Å². The summed E-state index contributed by atoms with van der Waals surface area (Å²) in [4.78, 5) is 1.56. The molecule has 1 aliphatic rings. The van der Waals surface area contributed by atoms with Crippen LogP contribution in [0.15, 0.2) is 64.9 Å². The normalized spacial score (nSPS) is 17.5. The molecule has 3 aromatic rings. The van der Waals surface area contributed by atoms with Crippen LogP contribution >= 0.6 is 11.3 Å². The van der Waals surface area contributed by atoms with Crippen molar-refractivity contribution in [3.8, 4) is 5.75 Å². The molecule has 0 saturated carbocycles. The van der Waals surface area contributed by atoms with Crippen LogP contribution in [0.1, 0.15) is 27.6 Å². The molecular weight excluding hydrogens is 378 g/mol. The molecule has 2 aromatic carbocycles. The number of rotatable bonds is 4. The highest BCUT2D eigenvalue weighted by Gasteiger charge is 2.37. The van der Waals surface area contributed by atoms with Crippen molar-refractivity contribution in [3.63, 3.8) is 0 Å². The minimum absolute atomic E-state index is 0.291. The molecule has 4 rings (SSSR count). The number of hydrogen-bond donors (Lipinski definition) is 0. The number of fused-ring (bicyclic) bond motifs is 1. The minimum atomic E-state index is -3.63. The van der Waals surface area contributed by atoms with Crippen LogP contribution in [0.5, 0.6) is 5.75 Å². The highest BCUT2D eigenvalue weighted by atomic mass is 32.2. The Kier molecular flexibility index (Phi) is 4.80. The first-order valence-electron chi connectivity index (χ1n) is 8.79. The first-order chi connectivity index (χ1) is 13.0. The van der Waals surface area contributed by atoms with Crippen LogP contribution in [-0.4, -0.2) is 26.4 Å². The van der Waals surface area contributed by atoms with Crippen molar-refractivity contribution in [2.24, 2.45) is 0 Å². The zero-order valence-electron chi connectivity index (χ0n) is 15.3. The Morgan fingerprint density at radius 1 is 1.04 bits per heavy atom. The maximum Gasteiger partial charge on any atom is 0.243 e. The molecule has 1 aromatic heterocycles. The summed E-state index contributed by atoms with van der Waals surface area (Å²) in [5, 5.41) is 2.05. The van der Waals surface area contributed by atoms with E-state index in [2.05, 4.69) is 11.4 Å². The summed E-state index contributed by atoms with van der Waals surface area (Å²) in [6.45, 7) is 2.51. The van der Waals surface area contributed by atoms with Gasteiger partial charge in [-0.2, -0.15) is 4.31 Å². The Balaban J connectivity index is 1.80. The molecule has 27 heavy (non-hydrogen) atoms. The quantitative estimate of drug-likeness (QED) is 0.653. The molecular formula is C21H21NO3S2. The molecule has 0 bridgehead atoms. The third-order valence-electron chi connectivity index (χ3n) is 4.98. The third kappa shape index (κ3) is 3.29. The number of sulfonamides is 1. The predicted octanol–water partition coefficient (Wildman–Crippen LogP) is 4.40. The number of benzene rings is 2. The Bertz CT molecular complexity index is 1040. The zero-order valence-corrected chi connectivity index (χ0v) is 16.9. The Hall–Kier alpha value is -2.15. The van der Waals surface area contributed by atoms with Gasteiger partial charge in [-0.3, -0.25) is 0 Å². The van der Waals surface area contributed by atoms with E-state index in [0.29, 0.717) is 17.2 Å². The van der Waals surface area contributed by atoms with Gasteiger partial charge in [0.05, 0.1) is 18.0 Å². The lowest BCUT2D eigenvalue weighted by Gasteiger charge is -2.35. The van der Waals surface area contributed by atoms with Crippen LogP contribution in [0.2, 0.25) is 0 Å². The lowest BCUT2D eigenvalue weighted by Crippen LogP contribution is -2.40. The van der Waals surface area contributed by atoms with Gasteiger partial charge in [-0.25, -0.2) is 8.42 Å².